The second-order valence-corrected chi connectivity index (χ2v) is 8.82. The summed E-state index contributed by atoms with van der Waals surface area (Å²) in [6, 6.07) is 21.1. The quantitative estimate of drug-likeness (QED) is 0.504. The Balaban J connectivity index is 1.52. The average Bonchev–Trinajstić information content (AvgIpc) is 3.45. The highest BCUT2D eigenvalue weighted by Crippen LogP contribution is 2.43. The van der Waals surface area contributed by atoms with Crippen LogP contribution in [0.3, 0.4) is 0 Å². The monoisotopic (exact) mass is 495 g/mol. The fourth-order valence-electron chi connectivity index (χ4n) is 4.35. The Hall–Kier alpha value is -3.10. The van der Waals surface area contributed by atoms with Gasteiger partial charge >= 0.3 is 5.97 Å². The van der Waals surface area contributed by atoms with Crippen molar-refractivity contribution in [3.8, 4) is 5.75 Å². The first kappa shape index (κ1) is 20.8. The zero-order chi connectivity index (χ0) is 22.2. The lowest BCUT2D eigenvalue weighted by Gasteiger charge is -2.42. The van der Waals surface area contributed by atoms with Gasteiger partial charge in [-0.05, 0) is 41.8 Å². The molecule has 8 heteroatoms. The molecule has 5 rings (SSSR count). The van der Waals surface area contributed by atoms with Crippen molar-refractivity contribution in [1.29, 1.82) is 0 Å². The molecule has 4 unspecified atom stereocenters. The van der Waals surface area contributed by atoms with Crippen LogP contribution in [0.4, 0.5) is 0 Å². The van der Waals surface area contributed by atoms with Gasteiger partial charge in [0.05, 0.1) is 29.7 Å². The number of hydrazone groups is 1. The van der Waals surface area contributed by atoms with Crippen molar-refractivity contribution in [2.75, 3.05) is 7.11 Å². The normalized spacial score (nSPS) is 24.7. The molecule has 0 saturated carbocycles. The number of nitrogens with one attached hydrogen (secondary N) is 1. The number of ether oxygens (including phenoxy) is 1. The molecule has 2 aliphatic rings. The third-order valence-corrected chi connectivity index (χ3v) is 6.88. The lowest BCUT2D eigenvalue weighted by molar-refractivity contribution is 0.0582. The number of halogens is 1. The van der Waals surface area contributed by atoms with Gasteiger partial charge in [-0.3, -0.25) is 10.3 Å². The van der Waals surface area contributed by atoms with E-state index in [9.17, 15) is 9.90 Å². The van der Waals surface area contributed by atoms with Gasteiger partial charge in [0, 0.05) is 0 Å². The number of hydrogen-bond acceptors (Lipinski definition) is 6. The average molecular weight is 496 g/mol. The van der Waals surface area contributed by atoms with Crippen LogP contribution in [0.5, 0.6) is 5.75 Å². The van der Waals surface area contributed by atoms with Gasteiger partial charge in [-0.2, -0.15) is 5.10 Å². The van der Waals surface area contributed by atoms with Crippen molar-refractivity contribution in [1.82, 2.24) is 10.3 Å². The molecule has 3 aromatic rings. The fourth-order valence-corrected chi connectivity index (χ4v) is 5.10. The topological polar surface area (TPSA) is 87.3 Å². The summed E-state index contributed by atoms with van der Waals surface area (Å²) in [6.45, 7) is 0. The van der Waals surface area contributed by atoms with Crippen molar-refractivity contribution in [3.05, 3.63) is 89.4 Å². The fraction of sp³-hybridized carbons (Fsp3) is 0.250. The molecule has 0 radical (unpaired) electrons. The maximum absolute atomic E-state index is 11.3. The summed E-state index contributed by atoms with van der Waals surface area (Å²) in [4.78, 5) is 11.3. The minimum atomic E-state index is -1.07. The minimum Gasteiger partial charge on any atom is -0.497 e. The Labute approximate surface area is 193 Å². The van der Waals surface area contributed by atoms with Gasteiger partial charge in [0.1, 0.15) is 17.7 Å². The number of alkyl halides is 1. The Kier molecular flexibility index (Phi) is 5.48. The smallest absolute Gasteiger partial charge is 0.371 e. The standard InChI is InChI=1S/C24H22BrN3O4/c1-31-16-9-7-14(8-10-16)18-13-17(19-11-12-20(32-19)24(29)30)26-23-21(25)22(27-28(18)23)15-5-3-2-4-6-15/h2-12,17-18,21,23,26H,13H2,1H3,(H,29,30). The molecule has 0 bridgehead atoms. The highest BCUT2D eigenvalue weighted by molar-refractivity contribution is 9.10. The van der Waals surface area contributed by atoms with Gasteiger partial charge in [-0.15, -0.1) is 0 Å². The van der Waals surface area contributed by atoms with E-state index in [1.807, 2.05) is 42.5 Å². The highest BCUT2D eigenvalue weighted by Gasteiger charge is 2.46. The summed E-state index contributed by atoms with van der Waals surface area (Å²) >= 11 is 3.85. The maximum atomic E-state index is 11.3. The molecule has 1 aromatic heterocycles. The van der Waals surface area contributed by atoms with E-state index in [0.29, 0.717) is 12.2 Å². The molecule has 4 atom stereocenters. The van der Waals surface area contributed by atoms with Gasteiger partial charge in [-0.25, -0.2) is 4.79 Å². The second-order valence-electron chi connectivity index (χ2n) is 7.83. The molecule has 1 saturated heterocycles. The lowest BCUT2D eigenvalue weighted by Crippen LogP contribution is -2.53. The number of carboxylic acid groups (broad SMARTS) is 1. The maximum Gasteiger partial charge on any atom is 0.371 e. The number of carboxylic acids is 1. The highest BCUT2D eigenvalue weighted by atomic mass is 79.9. The number of furan rings is 1. The van der Waals surface area contributed by atoms with Gasteiger partial charge in [0.2, 0.25) is 5.76 Å². The molecule has 2 N–H and O–H groups in total. The first-order chi connectivity index (χ1) is 15.5. The van der Waals surface area contributed by atoms with E-state index in [1.165, 1.54) is 6.07 Å². The molecule has 0 spiro atoms. The Morgan fingerprint density at radius 2 is 1.91 bits per heavy atom. The number of aromatic carboxylic acids is 1. The molecule has 7 nitrogen and oxygen atoms in total. The SMILES string of the molecule is COc1ccc(C2CC(c3ccc(C(=O)O)o3)NC3C(Br)C(c4ccccc4)=NN23)cc1. The van der Waals surface area contributed by atoms with E-state index >= 15 is 0 Å². The third kappa shape index (κ3) is 3.69. The van der Waals surface area contributed by atoms with E-state index in [4.69, 9.17) is 14.3 Å². The third-order valence-electron chi connectivity index (χ3n) is 5.95. The zero-order valence-electron chi connectivity index (χ0n) is 17.3. The van der Waals surface area contributed by atoms with Gasteiger partial charge in [0.25, 0.3) is 0 Å². The van der Waals surface area contributed by atoms with Crippen LogP contribution >= 0.6 is 15.9 Å². The number of methoxy groups -OCH3 is 1. The van der Waals surface area contributed by atoms with Crippen LogP contribution in [-0.4, -0.2) is 39.9 Å². The number of benzene rings is 2. The van der Waals surface area contributed by atoms with Crippen LogP contribution in [0, 0.1) is 0 Å². The summed E-state index contributed by atoms with van der Waals surface area (Å²) in [5, 5.41) is 20.0. The Morgan fingerprint density at radius 3 is 2.56 bits per heavy atom. The second kappa shape index (κ2) is 8.44. The van der Waals surface area contributed by atoms with Crippen LogP contribution in [0.1, 0.15) is 45.9 Å². The van der Waals surface area contributed by atoms with Crippen LogP contribution in [-0.2, 0) is 0 Å². The van der Waals surface area contributed by atoms with Crippen molar-refractivity contribution in [3.63, 3.8) is 0 Å². The molecule has 0 aliphatic carbocycles. The number of carbonyl (C=O) groups is 1. The predicted molar refractivity (Wildman–Crippen MR) is 123 cm³/mol. The lowest BCUT2D eigenvalue weighted by atomic mass is 9.93. The molecular weight excluding hydrogens is 474 g/mol. The number of fused-ring (bicyclic) bond motifs is 1. The Bertz CT molecular complexity index is 1150. The molecule has 2 aliphatic heterocycles. The van der Waals surface area contributed by atoms with Crippen molar-refractivity contribution in [2.24, 2.45) is 5.10 Å². The molecule has 164 valence electrons. The summed E-state index contributed by atoms with van der Waals surface area (Å²) < 4.78 is 11.0. The van der Waals surface area contributed by atoms with Crippen molar-refractivity contribution >= 4 is 27.6 Å². The number of nitrogens with zero attached hydrogens (tertiary/aromatic N) is 2. The number of hydrogen-bond donors (Lipinski definition) is 2. The van der Waals surface area contributed by atoms with Crippen LogP contribution in [0.15, 0.2) is 76.2 Å². The summed E-state index contributed by atoms with van der Waals surface area (Å²) in [5.41, 5.74) is 3.11. The Morgan fingerprint density at radius 1 is 1.16 bits per heavy atom. The zero-order valence-corrected chi connectivity index (χ0v) is 18.9. The van der Waals surface area contributed by atoms with Gasteiger partial charge in [-0.1, -0.05) is 58.4 Å². The molecule has 0 amide bonds. The largest absolute Gasteiger partial charge is 0.497 e. The van der Waals surface area contributed by atoms with Gasteiger partial charge in [0.15, 0.2) is 0 Å². The molecule has 32 heavy (non-hydrogen) atoms. The molecule has 2 aromatic carbocycles. The number of rotatable bonds is 5. The first-order valence-electron chi connectivity index (χ1n) is 10.3. The summed E-state index contributed by atoms with van der Waals surface area (Å²) in [7, 11) is 1.65. The minimum absolute atomic E-state index is 0.0307. The van der Waals surface area contributed by atoms with Crippen molar-refractivity contribution in [2.45, 2.75) is 29.5 Å². The van der Waals surface area contributed by atoms with Crippen LogP contribution in [0.25, 0.3) is 0 Å². The summed E-state index contributed by atoms with van der Waals surface area (Å²) in [5.74, 6) is 0.261. The first-order valence-corrected chi connectivity index (χ1v) is 11.3. The molecular formula is C24H22BrN3O4. The summed E-state index contributed by atoms with van der Waals surface area (Å²) in [6.07, 6.45) is 0.537. The van der Waals surface area contributed by atoms with E-state index in [2.05, 4.69) is 38.4 Å². The molecule has 3 heterocycles. The van der Waals surface area contributed by atoms with E-state index in [1.54, 1.807) is 13.2 Å². The van der Waals surface area contributed by atoms with Crippen molar-refractivity contribution < 1.29 is 19.1 Å². The van der Waals surface area contributed by atoms with Crippen LogP contribution in [0.2, 0.25) is 0 Å². The van der Waals surface area contributed by atoms with E-state index < -0.39 is 5.97 Å². The molecule has 1 fully saturated rings. The van der Waals surface area contributed by atoms with E-state index in [-0.39, 0.29) is 28.8 Å². The van der Waals surface area contributed by atoms with E-state index in [0.717, 1.165) is 22.6 Å². The van der Waals surface area contributed by atoms with Crippen LogP contribution < -0.4 is 10.1 Å². The predicted octanol–water partition coefficient (Wildman–Crippen LogP) is 4.57. The van der Waals surface area contributed by atoms with Gasteiger partial charge < -0.3 is 14.3 Å².